The molecule has 132 valence electrons. The number of thiazole rings is 1. The van der Waals surface area contributed by atoms with E-state index >= 15 is 0 Å². The lowest BCUT2D eigenvalue weighted by atomic mass is 10.0. The molecular weight excluding hydrogens is 355 g/mol. The number of carbonyl (C=O) groups is 2. The largest absolute Gasteiger partial charge is 0.481 e. The maximum absolute atomic E-state index is 13.4. The Balaban J connectivity index is 1.80. The van der Waals surface area contributed by atoms with Gasteiger partial charge in [-0.3, -0.25) is 9.59 Å². The van der Waals surface area contributed by atoms with Crippen molar-refractivity contribution in [3.05, 3.63) is 77.1 Å². The molecule has 2 aromatic carbocycles. The van der Waals surface area contributed by atoms with Gasteiger partial charge < -0.3 is 10.4 Å². The molecule has 5 nitrogen and oxygen atoms in total. The fourth-order valence-corrected chi connectivity index (χ4v) is 3.28. The highest BCUT2D eigenvalue weighted by molar-refractivity contribution is 7.13. The van der Waals surface area contributed by atoms with Gasteiger partial charge in [0, 0.05) is 10.9 Å². The Morgan fingerprint density at radius 2 is 1.92 bits per heavy atom. The lowest BCUT2D eigenvalue weighted by Gasteiger charge is -2.16. The van der Waals surface area contributed by atoms with Crippen LogP contribution in [0.5, 0.6) is 0 Å². The molecule has 1 heterocycles. The molecule has 1 aromatic heterocycles. The number of carboxylic acids is 1. The molecule has 3 aromatic rings. The van der Waals surface area contributed by atoms with E-state index in [1.807, 2.05) is 30.3 Å². The molecule has 0 saturated carbocycles. The monoisotopic (exact) mass is 370 g/mol. The van der Waals surface area contributed by atoms with Crippen LogP contribution in [-0.2, 0) is 4.79 Å². The van der Waals surface area contributed by atoms with Crippen molar-refractivity contribution in [3.8, 4) is 10.6 Å². The minimum Gasteiger partial charge on any atom is -0.481 e. The van der Waals surface area contributed by atoms with Crippen LogP contribution in [0.4, 0.5) is 4.39 Å². The van der Waals surface area contributed by atoms with Gasteiger partial charge in [0.05, 0.1) is 12.5 Å². The van der Waals surface area contributed by atoms with E-state index < -0.39 is 23.7 Å². The summed E-state index contributed by atoms with van der Waals surface area (Å²) >= 11 is 1.32. The number of aromatic nitrogens is 1. The summed E-state index contributed by atoms with van der Waals surface area (Å²) in [6, 6.07) is 14.1. The quantitative estimate of drug-likeness (QED) is 0.690. The molecule has 0 aliphatic carbocycles. The van der Waals surface area contributed by atoms with Crippen molar-refractivity contribution >= 4 is 23.2 Å². The number of benzene rings is 2. The molecular formula is C19H15FN2O3S. The summed E-state index contributed by atoms with van der Waals surface area (Å²) in [5, 5.41) is 14.0. The zero-order chi connectivity index (χ0) is 18.5. The maximum Gasteiger partial charge on any atom is 0.305 e. The minimum atomic E-state index is -1.09. The number of carboxylic acid groups (broad SMARTS) is 1. The number of carbonyl (C=O) groups excluding carboxylic acids is 1. The van der Waals surface area contributed by atoms with E-state index in [0.29, 0.717) is 10.6 Å². The number of aliphatic carboxylic acids is 1. The Bertz CT molecular complexity index is 927. The molecule has 0 aliphatic heterocycles. The average molecular weight is 370 g/mol. The summed E-state index contributed by atoms with van der Waals surface area (Å²) in [6.07, 6.45) is -0.356. The number of nitrogens with one attached hydrogen (secondary N) is 1. The number of halogens is 1. The number of amides is 1. The molecule has 26 heavy (non-hydrogen) atoms. The molecule has 0 saturated heterocycles. The zero-order valence-electron chi connectivity index (χ0n) is 13.6. The first-order chi connectivity index (χ1) is 12.5. The third-order valence-electron chi connectivity index (χ3n) is 3.69. The van der Waals surface area contributed by atoms with E-state index in [4.69, 9.17) is 5.11 Å². The molecule has 0 radical (unpaired) electrons. The highest BCUT2D eigenvalue weighted by Gasteiger charge is 2.21. The van der Waals surface area contributed by atoms with Crippen LogP contribution in [0.3, 0.4) is 0 Å². The predicted molar refractivity (Wildman–Crippen MR) is 96.4 cm³/mol. The van der Waals surface area contributed by atoms with Gasteiger partial charge in [-0.25, -0.2) is 9.37 Å². The minimum absolute atomic E-state index is 0.195. The number of hydrogen-bond donors (Lipinski definition) is 2. The standard InChI is InChI=1S/C19H15FN2O3S/c20-14-8-4-7-13(9-14)15(10-17(23)24)21-18(25)16-11-26-19(22-16)12-5-2-1-3-6-12/h1-9,11,15H,10H2,(H,21,25)(H,23,24)/t15-/m0/s1. The summed E-state index contributed by atoms with van der Waals surface area (Å²) in [5.74, 6) is -2.09. The first-order valence-electron chi connectivity index (χ1n) is 7.82. The third kappa shape index (κ3) is 4.31. The normalized spacial score (nSPS) is 11.7. The summed E-state index contributed by atoms with van der Waals surface area (Å²) in [7, 11) is 0. The number of nitrogens with zero attached hydrogens (tertiary/aromatic N) is 1. The molecule has 0 spiro atoms. The lowest BCUT2D eigenvalue weighted by Crippen LogP contribution is -2.30. The van der Waals surface area contributed by atoms with Crippen LogP contribution in [0.15, 0.2) is 60.0 Å². The smallest absolute Gasteiger partial charge is 0.305 e. The van der Waals surface area contributed by atoms with Crippen molar-refractivity contribution < 1.29 is 19.1 Å². The van der Waals surface area contributed by atoms with Gasteiger partial charge in [0.1, 0.15) is 16.5 Å². The average Bonchev–Trinajstić information content (AvgIpc) is 3.12. The van der Waals surface area contributed by atoms with Gasteiger partial charge in [-0.2, -0.15) is 0 Å². The summed E-state index contributed by atoms with van der Waals surface area (Å²) in [5.41, 5.74) is 1.48. The third-order valence-corrected chi connectivity index (χ3v) is 4.58. The Morgan fingerprint density at radius 1 is 1.15 bits per heavy atom. The van der Waals surface area contributed by atoms with Crippen LogP contribution < -0.4 is 5.32 Å². The fourth-order valence-electron chi connectivity index (χ4n) is 2.47. The molecule has 0 unspecified atom stereocenters. The first kappa shape index (κ1) is 17.8. The van der Waals surface area contributed by atoms with Crippen molar-refractivity contribution in [2.45, 2.75) is 12.5 Å². The van der Waals surface area contributed by atoms with E-state index in [9.17, 15) is 14.0 Å². The second kappa shape index (κ2) is 7.88. The van der Waals surface area contributed by atoms with E-state index in [1.165, 1.54) is 29.5 Å². The van der Waals surface area contributed by atoms with Crippen molar-refractivity contribution in [2.75, 3.05) is 0 Å². The van der Waals surface area contributed by atoms with E-state index in [-0.39, 0.29) is 12.1 Å². The van der Waals surface area contributed by atoms with Gasteiger partial charge in [-0.05, 0) is 17.7 Å². The molecule has 2 N–H and O–H groups in total. The van der Waals surface area contributed by atoms with E-state index in [0.717, 1.165) is 5.56 Å². The number of rotatable bonds is 6. The van der Waals surface area contributed by atoms with Crippen molar-refractivity contribution in [3.63, 3.8) is 0 Å². The summed E-state index contributed by atoms with van der Waals surface area (Å²) in [4.78, 5) is 27.9. The molecule has 0 fully saturated rings. The predicted octanol–water partition coefficient (Wildman–Crippen LogP) is 3.90. The molecule has 3 rings (SSSR count). The molecule has 7 heteroatoms. The highest BCUT2D eigenvalue weighted by Crippen LogP contribution is 2.24. The Morgan fingerprint density at radius 3 is 2.62 bits per heavy atom. The van der Waals surface area contributed by atoms with Gasteiger partial charge in [0.15, 0.2) is 0 Å². The van der Waals surface area contributed by atoms with Gasteiger partial charge in [-0.1, -0.05) is 42.5 Å². The highest BCUT2D eigenvalue weighted by atomic mass is 32.1. The Hall–Kier alpha value is -3.06. The van der Waals surface area contributed by atoms with Crippen LogP contribution in [0.1, 0.15) is 28.5 Å². The van der Waals surface area contributed by atoms with Crippen LogP contribution >= 0.6 is 11.3 Å². The summed E-state index contributed by atoms with van der Waals surface area (Å²) in [6.45, 7) is 0. The van der Waals surface area contributed by atoms with Crippen molar-refractivity contribution in [1.29, 1.82) is 0 Å². The number of hydrogen-bond acceptors (Lipinski definition) is 4. The first-order valence-corrected chi connectivity index (χ1v) is 8.70. The molecule has 1 atom stereocenters. The summed E-state index contributed by atoms with van der Waals surface area (Å²) < 4.78 is 13.4. The van der Waals surface area contributed by atoms with Crippen molar-refractivity contribution in [2.24, 2.45) is 0 Å². The zero-order valence-corrected chi connectivity index (χ0v) is 14.4. The second-order valence-electron chi connectivity index (χ2n) is 5.58. The fraction of sp³-hybridized carbons (Fsp3) is 0.105. The van der Waals surface area contributed by atoms with Gasteiger partial charge in [-0.15, -0.1) is 11.3 Å². The van der Waals surface area contributed by atoms with E-state index in [2.05, 4.69) is 10.3 Å². The molecule has 1 amide bonds. The van der Waals surface area contributed by atoms with Gasteiger partial charge in [0.2, 0.25) is 0 Å². The second-order valence-corrected chi connectivity index (χ2v) is 6.44. The van der Waals surface area contributed by atoms with Crippen LogP contribution in [0.2, 0.25) is 0 Å². The van der Waals surface area contributed by atoms with Crippen LogP contribution in [0, 0.1) is 5.82 Å². The van der Waals surface area contributed by atoms with Crippen molar-refractivity contribution in [1.82, 2.24) is 10.3 Å². The SMILES string of the molecule is O=C(O)C[C@H](NC(=O)c1csc(-c2ccccc2)n1)c1cccc(F)c1. The van der Waals surface area contributed by atoms with Crippen LogP contribution in [0.25, 0.3) is 10.6 Å². The van der Waals surface area contributed by atoms with Gasteiger partial charge >= 0.3 is 5.97 Å². The van der Waals surface area contributed by atoms with E-state index in [1.54, 1.807) is 11.4 Å². The lowest BCUT2D eigenvalue weighted by molar-refractivity contribution is -0.137. The van der Waals surface area contributed by atoms with Crippen LogP contribution in [-0.4, -0.2) is 22.0 Å². The van der Waals surface area contributed by atoms with Gasteiger partial charge in [0.25, 0.3) is 5.91 Å². The topological polar surface area (TPSA) is 79.3 Å². The Labute approximate surface area is 153 Å². The molecule has 0 bridgehead atoms. The maximum atomic E-state index is 13.4. The molecule has 0 aliphatic rings. The Kier molecular flexibility index (Phi) is 5.38.